The van der Waals surface area contributed by atoms with Gasteiger partial charge in [0, 0.05) is 11.6 Å². The number of halogens is 1. The summed E-state index contributed by atoms with van der Waals surface area (Å²) in [6.07, 6.45) is 0. The molecule has 0 unspecified atom stereocenters. The van der Waals surface area contributed by atoms with E-state index in [4.69, 9.17) is 21.8 Å². The van der Waals surface area contributed by atoms with E-state index in [-0.39, 0.29) is 18.1 Å². The van der Waals surface area contributed by atoms with Crippen molar-refractivity contribution in [2.45, 2.75) is 13.2 Å². The first-order valence-electron chi connectivity index (χ1n) is 3.75. The molecule has 0 aliphatic carbocycles. The van der Waals surface area contributed by atoms with Crippen molar-refractivity contribution in [3.63, 3.8) is 0 Å². The maximum atomic E-state index is 10.4. The SMILES string of the molecule is O=C(Cl)Oc1ccc(CO)nc1CO. The second-order valence-electron chi connectivity index (χ2n) is 2.40. The van der Waals surface area contributed by atoms with Crippen LogP contribution in [0.4, 0.5) is 4.79 Å². The first-order valence-corrected chi connectivity index (χ1v) is 4.13. The summed E-state index contributed by atoms with van der Waals surface area (Å²) in [5, 5.41) is 17.6. The molecular weight excluding hydrogens is 210 g/mol. The molecule has 0 amide bonds. The lowest BCUT2D eigenvalue weighted by Crippen LogP contribution is -2.03. The molecule has 2 N–H and O–H groups in total. The molecule has 0 spiro atoms. The third-order valence-electron chi connectivity index (χ3n) is 1.49. The van der Waals surface area contributed by atoms with Gasteiger partial charge in [-0.15, -0.1) is 0 Å². The van der Waals surface area contributed by atoms with Crippen molar-refractivity contribution in [3.8, 4) is 5.75 Å². The van der Waals surface area contributed by atoms with Gasteiger partial charge < -0.3 is 14.9 Å². The van der Waals surface area contributed by atoms with Gasteiger partial charge in [-0.25, -0.2) is 9.78 Å². The fourth-order valence-electron chi connectivity index (χ4n) is 0.914. The maximum Gasteiger partial charge on any atom is 0.409 e. The molecule has 76 valence electrons. The van der Waals surface area contributed by atoms with E-state index in [9.17, 15) is 4.79 Å². The molecule has 6 heteroatoms. The molecule has 0 atom stereocenters. The second-order valence-corrected chi connectivity index (χ2v) is 2.71. The van der Waals surface area contributed by atoms with Gasteiger partial charge in [-0.05, 0) is 12.1 Å². The Labute approximate surface area is 84.9 Å². The average Bonchev–Trinajstić information content (AvgIpc) is 2.17. The van der Waals surface area contributed by atoms with Crippen molar-refractivity contribution in [1.29, 1.82) is 0 Å². The number of carbonyl (C=O) groups is 1. The Morgan fingerprint density at radius 2 is 2.14 bits per heavy atom. The van der Waals surface area contributed by atoms with Crippen molar-refractivity contribution in [2.24, 2.45) is 0 Å². The molecule has 0 radical (unpaired) electrons. The summed E-state index contributed by atoms with van der Waals surface area (Å²) in [5.74, 6) is 0.0877. The van der Waals surface area contributed by atoms with Gasteiger partial charge in [0.1, 0.15) is 5.69 Å². The van der Waals surface area contributed by atoms with Crippen LogP contribution >= 0.6 is 11.6 Å². The fraction of sp³-hybridized carbons (Fsp3) is 0.250. The van der Waals surface area contributed by atoms with E-state index in [0.717, 1.165) is 0 Å². The minimum absolute atomic E-state index is 0.0877. The first kappa shape index (κ1) is 10.9. The van der Waals surface area contributed by atoms with E-state index in [1.165, 1.54) is 12.1 Å². The molecule has 1 aromatic rings. The predicted octanol–water partition coefficient (Wildman–Crippen LogP) is 0.804. The van der Waals surface area contributed by atoms with E-state index in [2.05, 4.69) is 9.72 Å². The smallest absolute Gasteiger partial charge is 0.409 e. The number of ether oxygens (including phenoxy) is 1. The topological polar surface area (TPSA) is 79.7 Å². The Kier molecular flexibility index (Phi) is 3.82. The van der Waals surface area contributed by atoms with Crippen molar-refractivity contribution in [3.05, 3.63) is 23.5 Å². The molecule has 14 heavy (non-hydrogen) atoms. The Morgan fingerprint density at radius 3 is 2.64 bits per heavy atom. The molecule has 0 aliphatic rings. The summed E-state index contributed by atoms with van der Waals surface area (Å²) in [6.45, 7) is -0.643. The molecule has 5 nitrogen and oxygen atoms in total. The molecule has 1 heterocycles. The number of aliphatic hydroxyl groups excluding tert-OH is 2. The van der Waals surface area contributed by atoms with Gasteiger partial charge in [0.2, 0.25) is 0 Å². The van der Waals surface area contributed by atoms with Gasteiger partial charge in [-0.1, -0.05) is 0 Å². The molecule has 0 aromatic carbocycles. The van der Waals surface area contributed by atoms with Crippen LogP contribution in [0.1, 0.15) is 11.4 Å². The number of hydrogen-bond donors (Lipinski definition) is 2. The molecular formula is C8H8ClNO4. The third-order valence-corrected chi connectivity index (χ3v) is 1.57. The van der Waals surface area contributed by atoms with E-state index >= 15 is 0 Å². The molecule has 0 saturated carbocycles. The molecule has 0 saturated heterocycles. The van der Waals surface area contributed by atoms with Crippen LogP contribution in [0, 0.1) is 0 Å². The first-order chi connectivity index (χ1) is 6.67. The molecule has 0 fully saturated rings. The third kappa shape index (κ3) is 2.66. The van der Waals surface area contributed by atoms with Gasteiger partial charge >= 0.3 is 5.43 Å². The van der Waals surface area contributed by atoms with Crippen LogP contribution in [-0.2, 0) is 13.2 Å². The Hall–Kier alpha value is -1.17. The highest BCUT2D eigenvalue weighted by atomic mass is 35.5. The summed E-state index contributed by atoms with van der Waals surface area (Å²) in [6, 6.07) is 2.87. The van der Waals surface area contributed by atoms with Crippen LogP contribution < -0.4 is 4.74 Å². The van der Waals surface area contributed by atoms with E-state index in [0.29, 0.717) is 5.69 Å². The van der Waals surface area contributed by atoms with Gasteiger partial charge in [-0.2, -0.15) is 0 Å². The lowest BCUT2D eigenvalue weighted by atomic mass is 10.3. The normalized spacial score (nSPS) is 9.93. The van der Waals surface area contributed by atoms with Crippen molar-refractivity contribution < 1.29 is 19.7 Å². The summed E-state index contributed by atoms with van der Waals surface area (Å²) in [7, 11) is 0. The van der Waals surface area contributed by atoms with E-state index in [1.807, 2.05) is 0 Å². The van der Waals surface area contributed by atoms with E-state index < -0.39 is 12.0 Å². The van der Waals surface area contributed by atoms with Gasteiger partial charge in [0.15, 0.2) is 5.75 Å². The second kappa shape index (κ2) is 4.90. The standard InChI is InChI=1S/C8H8ClNO4/c9-8(13)14-7-2-1-5(3-11)10-6(7)4-12/h1-2,11-12H,3-4H2. The molecule has 1 rings (SSSR count). The lowest BCUT2D eigenvalue weighted by Gasteiger charge is -2.05. The van der Waals surface area contributed by atoms with Gasteiger partial charge in [-0.3, -0.25) is 0 Å². The number of pyridine rings is 1. The van der Waals surface area contributed by atoms with Crippen LogP contribution in [0.15, 0.2) is 12.1 Å². The highest BCUT2D eigenvalue weighted by molar-refractivity contribution is 6.61. The number of rotatable bonds is 3. The van der Waals surface area contributed by atoms with Crippen LogP contribution in [-0.4, -0.2) is 20.6 Å². The zero-order valence-corrected chi connectivity index (χ0v) is 7.86. The predicted molar refractivity (Wildman–Crippen MR) is 48.0 cm³/mol. The molecule has 0 aliphatic heterocycles. The Bertz CT molecular complexity index is 342. The molecule has 1 aromatic heterocycles. The lowest BCUT2D eigenvalue weighted by molar-refractivity contribution is 0.221. The van der Waals surface area contributed by atoms with Crippen LogP contribution in [0.3, 0.4) is 0 Å². The summed E-state index contributed by atoms with van der Waals surface area (Å²) >= 11 is 4.99. The van der Waals surface area contributed by atoms with Crippen molar-refractivity contribution in [1.82, 2.24) is 4.98 Å². The number of nitrogens with zero attached hydrogens (tertiary/aromatic N) is 1. The largest absolute Gasteiger partial charge is 0.412 e. The van der Waals surface area contributed by atoms with Crippen LogP contribution in [0.5, 0.6) is 5.75 Å². The minimum Gasteiger partial charge on any atom is -0.412 e. The summed E-state index contributed by atoms with van der Waals surface area (Å²) in [4.78, 5) is 14.2. The van der Waals surface area contributed by atoms with Crippen LogP contribution in [0.2, 0.25) is 0 Å². The fourth-order valence-corrected chi connectivity index (χ4v) is 0.998. The highest BCUT2D eigenvalue weighted by Gasteiger charge is 2.08. The van der Waals surface area contributed by atoms with E-state index in [1.54, 1.807) is 0 Å². The van der Waals surface area contributed by atoms with Gasteiger partial charge in [0.25, 0.3) is 0 Å². The van der Waals surface area contributed by atoms with Crippen LogP contribution in [0.25, 0.3) is 0 Å². The van der Waals surface area contributed by atoms with Crippen molar-refractivity contribution in [2.75, 3.05) is 0 Å². The average molecular weight is 218 g/mol. The minimum atomic E-state index is -1.00. The highest BCUT2D eigenvalue weighted by Crippen LogP contribution is 2.18. The number of aromatic nitrogens is 1. The number of carbonyl (C=O) groups excluding carboxylic acids is 1. The summed E-state index contributed by atoms with van der Waals surface area (Å²) in [5.41, 5.74) is -0.466. The number of hydrogen-bond acceptors (Lipinski definition) is 5. The Morgan fingerprint density at radius 1 is 1.43 bits per heavy atom. The quantitative estimate of drug-likeness (QED) is 0.733. The zero-order valence-electron chi connectivity index (χ0n) is 7.11. The van der Waals surface area contributed by atoms with Crippen molar-refractivity contribution >= 4 is 17.0 Å². The monoisotopic (exact) mass is 217 g/mol. The molecule has 0 bridgehead atoms. The zero-order chi connectivity index (χ0) is 10.6. The summed E-state index contributed by atoms with van der Waals surface area (Å²) < 4.78 is 4.56. The van der Waals surface area contributed by atoms with Gasteiger partial charge in [0.05, 0.1) is 18.9 Å². The number of aliphatic hydroxyl groups is 2. The Balaban J connectivity index is 2.98. The maximum absolute atomic E-state index is 10.4.